The average molecular weight is 124 g/mol. The van der Waals surface area contributed by atoms with Gasteiger partial charge in [0.2, 0.25) is 0 Å². The summed E-state index contributed by atoms with van der Waals surface area (Å²) in [7, 11) is 0. The summed E-state index contributed by atoms with van der Waals surface area (Å²) in [5.74, 6) is 3.28. The fourth-order valence-electron chi connectivity index (χ4n) is 1.34. The molecule has 0 heterocycles. The Bertz CT molecular complexity index is 123. The van der Waals surface area contributed by atoms with Gasteiger partial charge in [-0.3, -0.25) is 0 Å². The molecule has 0 aromatic carbocycles. The van der Waals surface area contributed by atoms with Gasteiger partial charge in [0, 0.05) is 5.92 Å². The third-order valence-corrected chi connectivity index (χ3v) is 1.87. The van der Waals surface area contributed by atoms with Crippen LogP contribution in [0.25, 0.3) is 0 Å². The van der Waals surface area contributed by atoms with Crippen molar-refractivity contribution in [1.82, 2.24) is 0 Å². The molecule has 0 aromatic heterocycles. The van der Waals surface area contributed by atoms with E-state index in [-0.39, 0.29) is 0 Å². The summed E-state index contributed by atoms with van der Waals surface area (Å²) >= 11 is 0. The van der Waals surface area contributed by atoms with E-state index < -0.39 is 0 Å². The lowest BCUT2D eigenvalue weighted by Crippen LogP contribution is -2.02. The normalized spacial score (nSPS) is 20.4. The van der Waals surface area contributed by atoms with Crippen LogP contribution in [0.4, 0.5) is 0 Å². The molecule has 0 saturated heterocycles. The van der Waals surface area contributed by atoms with Gasteiger partial charge in [0.05, 0.1) is 0 Å². The van der Waals surface area contributed by atoms with Crippen LogP contribution in [0, 0.1) is 17.9 Å². The van der Waals surface area contributed by atoms with Gasteiger partial charge in [0.25, 0.3) is 0 Å². The first-order valence-electron chi connectivity index (χ1n) is 3.58. The predicted molar refractivity (Wildman–Crippen MR) is 36.3 cm³/mol. The van der Waals surface area contributed by atoms with E-state index in [0.717, 1.165) is 0 Å². The first kappa shape index (κ1) is 6.48. The van der Waals surface area contributed by atoms with E-state index in [0.29, 0.717) is 5.92 Å². The van der Waals surface area contributed by atoms with E-state index in [2.05, 4.69) is 5.92 Å². The van der Waals surface area contributed by atoms with E-state index in [1.807, 2.05) is 6.11 Å². The van der Waals surface area contributed by atoms with E-state index in [9.17, 15) is 0 Å². The molecule has 1 N–H and O–H groups in total. The average Bonchev–Trinajstić information content (AvgIpc) is 1.91. The van der Waals surface area contributed by atoms with Crippen LogP contribution in [0.3, 0.4) is 0 Å². The second-order valence-corrected chi connectivity index (χ2v) is 2.59. The number of aliphatic hydroxyl groups is 1. The Kier molecular flexibility index (Phi) is 2.45. The Morgan fingerprint density at radius 3 is 2.33 bits per heavy atom. The SMILES string of the molecule is OC#CC1CCCCC1. The lowest BCUT2D eigenvalue weighted by atomic mass is 9.90. The summed E-state index contributed by atoms with van der Waals surface area (Å²) in [6.45, 7) is 0. The van der Waals surface area contributed by atoms with Crippen molar-refractivity contribution in [2.24, 2.45) is 5.92 Å². The highest BCUT2D eigenvalue weighted by Crippen LogP contribution is 2.22. The van der Waals surface area contributed by atoms with Gasteiger partial charge >= 0.3 is 0 Å². The summed E-state index contributed by atoms with van der Waals surface area (Å²) in [5.41, 5.74) is 0. The Labute approximate surface area is 56.1 Å². The van der Waals surface area contributed by atoms with Crippen LogP contribution in [-0.2, 0) is 0 Å². The molecule has 0 radical (unpaired) electrons. The van der Waals surface area contributed by atoms with Gasteiger partial charge in [0.1, 0.15) is 6.11 Å². The highest BCUT2D eigenvalue weighted by molar-refractivity contribution is 4.97. The summed E-state index contributed by atoms with van der Waals surface area (Å²) in [4.78, 5) is 0. The highest BCUT2D eigenvalue weighted by Gasteiger charge is 2.09. The minimum atomic E-state index is 0.490. The molecule has 1 saturated carbocycles. The maximum atomic E-state index is 8.26. The van der Waals surface area contributed by atoms with Crippen LogP contribution in [0.2, 0.25) is 0 Å². The topological polar surface area (TPSA) is 20.2 Å². The number of rotatable bonds is 0. The molecule has 1 aliphatic rings. The monoisotopic (exact) mass is 124 g/mol. The molecule has 0 spiro atoms. The van der Waals surface area contributed by atoms with E-state index in [4.69, 9.17) is 5.11 Å². The molecule has 1 aliphatic carbocycles. The van der Waals surface area contributed by atoms with Crippen LogP contribution >= 0.6 is 0 Å². The summed E-state index contributed by atoms with van der Waals surface area (Å²) in [6.07, 6.45) is 8.30. The molecule has 50 valence electrons. The van der Waals surface area contributed by atoms with Gasteiger partial charge < -0.3 is 5.11 Å². The molecule has 0 bridgehead atoms. The van der Waals surface area contributed by atoms with Crippen LogP contribution in [0.15, 0.2) is 0 Å². The molecule has 1 nitrogen and oxygen atoms in total. The number of hydrogen-bond donors (Lipinski definition) is 1. The maximum absolute atomic E-state index is 8.26. The second-order valence-electron chi connectivity index (χ2n) is 2.59. The van der Waals surface area contributed by atoms with Crippen LogP contribution in [-0.4, -0.2) is 5.11 Å². The van der Waals surface area contributed by atoms with Crippen LogP contribution in [0.1, 0.15) is 32.1 Å². The van der Waals surface area contributed by atoms with Gasteiger partial charge in [-0.2, -0.15) is 0 Å². The van der Waals surface area contributed by atoms with Gasteiger partial charge in [-0.1, -0.05) is 25.2 Å². The van der Waals surface area contributed by atoms with Crippen molar-refractivity contribution < 1.29 is 5.11 Å². The highest BCUT2D eigenvalue weighted by atomic mass is 16.2. The molecular formula is C8H12O. The molecular weight excluding hydrogens is 112 g/mol. The molecule has 0 aromatic rings. The fourth-order valence-corrected chi connectivity index (χ4v) is 1.34. The van der Waals surface area contributed by atoms with E-state index in [1.54, 1.807) is 0 Å². The van der Waals surface area contributed by atoms with Gasteiger partial charge in [-0.15, -0.1) is 0 Å². The zero-order chi connectivity index (χ0) is 6.53. The van der Waals surface area contributed by atoms with Crippen LogP contribution < -0.4 is 0 Å². The Morgan fingerprint density at radius 2 is 1.78 bits per heavy atom. The molecule has 0 amide bonds. The lowest BCUT2D eigenvalue weighted by Gasteiger charge is -2.14. The van der Waals surface area contributed by atoms with E-state index >= 15 is 0 Å². The van der Waals surface area contributed by atoms with Crippen LogP contribution in [0.5, 0.6) is 0 Å². The van der Waals surface area contributed by atoms with Gasteiger partial charge in [-0.25, -0.2) is 0 Å². The standard InChI is InChI=1S/C8H12O/c9-7-6-8-4-2-1-3-5-8/h8-9H,1-5H2. The van der Waals surface area contributed by atoms with Crippen molar-refractivity contribution in [2.45, 2.75) is 32.1 Å². The minimum Gasteiger partial charge on any atom is -0.462 e. The fraction of sp³-hybridized carbons (Fsp3) is 0.750. The van der Waals surface area contributed by atoms with Crippen molar-refractivity contribution >= 4 is 0 Å². The van der Waals surface area contributed by atoms with Gasteiger partial charge in [0.15, 0.2) is 0 Å². The lowest BCUT2D eigenvalue weighted by molar-refractivity contribution is 0.425. The maximum Gasteiger partial charge on any atom is 0.107 e. The smallest absolute Gasteiger partial charge is 0.107 e. The quantitative estimate of drug-likeness (QED) is 0.489. The third kappa shape index (κ3) is 1.97. The van der Waals surface area contributed by atoms with Gasteiger partial charge in [-0.05, 0) is 12.8 Å². The van der Waals surface area contributed by atoms with Crippen molar-refractivity contribution in [3.8, 4) is 12.0 Å². The molecule has 0 aliphatic heterocycles. The molecule has 0 atom stereocenters. The first-order chi connectivity index (χ1) is 4.43. The molecule has 1 rings (SSSR count). The molecule has 1 heteroatoms. The third-order valence-electron chi connectivity index (χ3n) is 1.87. The summed E-state index contributed by atoms with van der Waals surface area (Å²) in [6, 6.07) is 0. The molecule has 1 fully saturated rings. The largest absolute Gasteiger partial charge is 0.462 e. The zero-order valence-corrected chi connectivity index (χ0v) is 5.56. The Balaban J connectivity index is 2.28. The predicted octanol–water partition coefficient (Wildman–Crippen LogP) is 1.90. The summed E-state index contributed by atoms with van der Waals surface area (Å²) < 4.78 is 0. The summed E-state index contributed by atoms with van der Waals surface area (Å²) in [5, 5.41) is 8.26. The minimum absolute atomic E-state index is 0.490. The van der Waals surface area contributed by atoms with Crippen molar-refractivity contribution in [3.63, 3.8) is 0 Å². The number of aliphatic hydroxyl groups excluding tert-OH is 1. The van der Waals surface area contributed by atoms with E-state index in [1.165, 1.54) is 32.1 Å². The number of hydrogen-bond acceptors (Lipinski definition) is 1. The molecule has 9 heavy (non-hydrogen) atoms. The Morgan fingerprint density at radius 1 is 1.11 bits per heavy atom. The van der Waals surface area contributed by atoms with Crippen molar-refractivity contribution in [2.75, 3.05) is 0 Å². The zero-order valence-electron chi connectivity index (χ0n) is 5.56. The van der Waals surface area contributed by atoms with Crippen molar-refractivity contribution in [1.29, 1.82) is 0 Å². The Hall–Kier alpha value is -0.640. The second kappa shape index (κ2) is 3.40. The first-order valence-corrected chi connectivity index (χ1v) is 3.58. The van der Waals surface area contributed by atoms with Crippen molar-refractivity contribution in [3.05, 3.63) is 0 Å². The molecule has 0 unspecified atom stereocenters.